The van der Waals surface area contributed by atoms with Crippen molar-refractivity contribution in [1.82, 2.24) is 10.2 Å². The normalized spacial score (nSPS) is 10.5. The van der Waals surface area contributed by atoms with E-state index in [1.54, 1.807) is 6.92 Å². The van der Waals surface area contributed by atoms with Crippen molar-refractivity contribution in [3.05, 3.63) is 35.5 Å². The average molecular weight is 262 g/mol. The first-order valence-electron chi connectivity index (χ1n) is 6.40. The highest BCUT2D eigenvalue weighted by Gasteiger charge is 2.09. The van der Waals surface area contributed by atoms with Crippen LogP contribution >= 0.6 is 0 Å². The van der Waals surface area contributed by atoms with Crippen LogP contribution in [0.1, 0.15) is 31.2 Å². The molecule has 0 fully saturated rings. The number of nitrogens with zero attached hydrogens (tertiary/aromatic N) is 2. The smallest absolute Gasteiger partial charge is 0.220 e. The average Bonchev–Trinajstić information content (AvgIpc) is 2.79. The monoisotopic (exact) mass is 262 g/mol. The van der Waals surface area contributed by atoms with Crippen molar-refractivity contribution < 1.29 is 13.9 Å². The number of aryl methyl sites for hydroxylation is 1. The summed E-state index contributed by atoms with van der Waals surface area (Å²) in [5.74, 6) is 2.68. The SMILES string of the molecule is CCOc1ccc(Cc2nnc(C)o2)cc1OCC. The van der Waals surface area contributed by atoms with Gasteiger partial charge in [-0.15, -0.1) is 10.2 Å². The molecular formula is C14H18N2O3. The molecule has 1 aromatic carbocycles. The van der Waals surface area contributed by atoms with Gasteiger partial charge in [0.05, 0.1) is 19.6 Å². The van der Waals surface area contributed by atoms with E-state index in [9.17, 15) is 0 Å². The van der Waals surface area contributed by atoms with Gasteiger partial charge in [0.15, 0.2) is 11.5 Å². The topological polar surface area (TPSA) is 57.4 Å². The fraction of sp³-hybridized carbons (Fsp3) is 0.429. The molecule has 0 amide bonds. The second-order valence-electron chi connectivity index (χ2n) is 4.04. The summed E-state index contributed by atoms with van der Waals surface area (Å²) in [6, 6.07) is 5.84. The Hall–Kier alpha value is -2.04. The molecule has 0 saturated heterocycles. The van der Waals surface area contributed by atoms with Gasteiger partial charge in [-0.3, -0.25) is 0 Å². The van der Waals surface area contributed by atoms with Crippen LogP contribution in [0.5, 0.6) is 11.5 Å². The minimum Gasteiger partial charge on any atom is -0.490 e. The Morgan fingerprint density at radius 2 is 1.79 bits per heavy atom. The van der Waals surface area contributed by atoms with Crippen LogP contribution < -0.4 is 9.47 Å². The van der Waals surface area contributed by atoms with Crippen LogP contribution in [0.4, 0.5) is 0 Å². The number of ether oxygens (including phenoxy) is 2. The highest BCUT2D eigenvalue weighted by molar-refractivity contribution is 5.43. The van der Waals surface area contributed by atoms with Gasteiger partial charge in [-0.2, -0.15) is 0 Å². The molecule has 0 N–H and O–H groups in total. The molecule has 0 bridgehead atoms. The van der Waals surface area contributed by atoms with Gasteiger partial charge in [-0.1, -0.05) is 6.07 Å². The van der Waals surface area contributed by atoms with E-state index in [0.29, 0.717) is 31.4 Å². The van der Waals surface area contributed by atoms with Crippen molar-refractivity contribution >= 4 is 0 Å². The van der Waals surface area contributed by atoms with Crippen LogP contribution in [-0.4, -0.2) is 23.4 Å². The lowest BCUT2D eigenvalue weighted by Gasteiger charge is -2.11. The Labute approximate surface area is 112 Å². The van der Waals surface area contributed by atoms with E-state index in [1.807, 2.05) is 32.0 Å². The summed E-state index contributed by atoms with van der Waals surface area (Å²) in [6.45, 7) is 6.89. The molecule has 0 aliphatic carbocycles. The Balaban J connectivity index is 2.19. The minimum absolute atomic E-state index is 0.575. The van der Waals surface area contributed by atoms with Crippen LogP contribution in [0.3, 0.4) is 0 Å². The highest BCUT2D eigenvalue weighted by atomic mass is 16.5. The van der Waals surface area contributed by atoms with Crippen molar-refractivity contribution in [3.63, 3.8) is 0 Å². The summed E-state index contributed by atoms with van der Waals surface area (Å²) >= 11 is 0. The predicted molar refractivity (Wildman–Crippen MR) is 70.6 cm³/mol. The number of aromatic nitrogens is 2. The molecule has 1 heterocycles. The number of hydrogen-bond donors (Lipinski definition) is 0. The van der Waals surface area contributed by atoms with Gasteiger partial charge < -0.3 is 13.9 Å². The summed E-state index contributed by atoms with van der Waals surface area (Å²) in [4.78, 5) is 0. The molecule has 0 aliphatic heterocycles. The molecule has 2 aromatic rings. The molecule has 19 heavy (non-hydrogen) atoms. The predicted octanol–water partition coefficient (Wildman–Crippen LogP) is 2.77. The second-order valence-corrected chi connectivity index (χ2v) is 4.04. The summed E-state index contributed by atoms with van der Waals surface area (Å²) in [7, 11) is 0. The molecule has 0 unspecified atom stereocenters. The molecule has 0 spiro atoms. The molecule has 2 rings (SSSR count). The van der Waals surface area contributed by atoms with E-state index in [-0.39, 0.29) is 0 Å². The van der Waals surface area contributed by atoms with Crippen LogP contribution in [0.25, 0.3) is 0 Å². The quantitative estimate of drug-likeness (QED) is 0.801. The van der Waals surface area contributed by atoms with E-state index in [2.05, 4.69) is 10.2 Å². The van der Waals surface area contributed by atoms with Gasteiger partial charge >= 0.3 is 0 Å². The Bertz CT molecular complexity index is 537. The number of hydrogen-bond acceptors (Lipinski definition) is 5. The van der Waals surface area contributed by atoms with Gasteiger partial charge in [-0.05, 0) is 31.5 Å². The van der Waals surface area contributed by atoms with Crippen LogP contribution in [0.15, 0.2) is 22.6 Å². The van der Waals surface area contributed by atoms with Gasteiger partial charge in [0.2, 0.25) is 11.8 Å². The zero-order valence-electron chi connectivity index (χ0n) is 11.5. The van der Waals surface area contributed by atoms with Gasteiger partial charge in [0.1, 0.15) is 0 Å². The Morgan fingerprint density at radius 1 is 1.05 bits per heavy atom. The lowest BCUT2D eigenvalue weighted by molar-refractivity contribution is 0.287. The molecule has 5 heteroatoms. The van der Waals surface area contributed by atoms with E-state index in [1.165, 1.54) is 0 Å². The first kappa shape index (κ1) is 13.4. The summed E-state index contributed by atoms with van der Waals surface area (Å²) in [5, 5.41) is 7.80. The third-order valence-electron chi connectivity index (χ3n) is 2.53. The maximum Gasteiger partial charge on any atom is 0.220 e. The minimum atomic E-state index is 0.575. The molecule has 5 nitrogen and oxygen atoms in total. The highest BCUT2D eigenvalue weighted by Crippen LogP contribution is 2.29. The van der Waals surface area contributed by atoms with Gasteiger partial charge in [0, 0.05) is 6.92 Å². The molecule has 0 radical (unpaired) electrons. The van der Waals surface area contributed by atoms with Crippen LogP contribution in [0.2, 0.25) is 0 Å². The second kappa shape index (κ2) is 6.22. The molecule has 0 aliphatic rings. The fourth-order valence-electron chi connectivity index (χ4n) is 1.79. The van der Waals surface area contributed by atoms with E-state index in [0.717, 1.165) is 17.1 Å². The van der Waals surface area contributed by atoms with Crippen molar-refractivity contribution in [1.29, 1.82) is 0 Å². The van der Waals surface area contributed by atoms with Gasteiger partial charge in [-0.25, -0.2) is 0 Å². The Morgan fingerprint density at radius 3 is 2.42 bits per heavy atom. The summed E-state index contributed by atoms with van der Waals surface area (Å²) in [6.07, 6.45) is 0.591. The standard InChI is InChI=1S/C14H18N2O3/c1-4-17-12-7-6-11(8-13(12)18-5-2)9-14-16-15-10(3)19-14/h6-8H,4-5,9H2,1-3H3. The molecule has 1 aromatic heterocycles. The first-order chi connectivity index (χ1) is 9.22. The van der Waals surface area contributed by atoms with Crippen molar-refractivity contribution in [2.24, 2.45) is 0 Å². The van der Waals surface area contributed by atoms with Crippen molar-refractivity contribution in [3.8, 4) is 11.5 Å². The summed E-state index contributed by atoms with van der Waals surface area (Å²) < 4.78 is 16.5. The zero-order valence-corrected chi connectivity index (χ0v) is 11.5. The van der Waals surface area contributed by atoms with Gasteiger partial charge in [0.25, 0.3) is 0 Å². The van der Waals surface area contributed by atoms with E-state index in [4.69, 9.17) is 13.9 Å². The Kier molecular flexibility index (Phi) is 4.39. The van der Waals surface area contributed by atoms with Crippen molar-refractivity contribution in [2.75, 3.05) is 13.2 Å². The fourth-order valence-corrected chi connectivity index (χ4v) is 1.79. The number of rotatable bonds is 6. The van der Waals surface area contributed by atoms with E-state index < -0.39 is 0 Å². The van der Waals surface area contributed by atoms with E-state index >= 15 is 0 Å². The zero-order chi connectivity index (χ0) is 13.7. The van der Waals surface area contributed by atoms with Crippen LogP contribution in [0, 0.1) is 6.92 Å². The maximum absolute atomic E-state index is 5.58. The largest absolute Gasteiger partial charge is 0.490 e. The van der Waals surface area contributed by atoms with Crippen molar-refractivity contribution in [2.45, 2.75) is 27.2 Å². The maximum atomic E-state index is 5.58. The van der Waals surface area contributed by atoms with Crippen LogP contribution in [-0.2, 0) is 6.42 Å². The third-order valence-corrected chi connectivity index (χ3v) is 2.53. The summed E-state index contributed by atoms with van der Waals surface area (Å²) in [5.41, 5.74) is 1.05. The molecule has 102 valence electrons. The third kappa shape index (κ3) is 3.47. The first-order valence-corrected chi connectivity index (χ1v) is 6.40. The molecule has 0 atom stereocenters. The molecule has 0 saturated carbocycles. The molecular weight excluding hydrogens is 244 g/mol. The number of benzene rings is 1. The lowest BCUT2D eigenvalue weighted by atomic mass is 10.1. The lowest BCUT2D eigenvalue weighted by Crippen LogP contribution is -1.99.